The molecule has 11 heteroatoms. The van der Waals surface area contributed by atoms with Crippen LogP contribution in [0.4, 0.5) is 10.8 Å². The van der Waals surface area contributed by atoms with Crippen LogP contribution in [0.25, 0.3) is 10.2 Å². The third kappa shape index (κ3) is 4.10. The lowest BCUT2D eigenvalue weighted by Gasteiger charge is -2.08. The van der Waals surface area contributed by atoms with Crippen LogP contribution in [0.2, 0.25) is 0 Å². The number of ether oxygens (including phenoxy) is 1. The number of phenolic OH excluding ortho intramolecular Hbond substituents is 1. The molecule has 1 heterocycles. The van der Waals surface area contributed by atoms with Crippen LogP contribution in [0.15, 0.2) is 36.4 Å². The number of methoxy groups -OCH3 is 1. The van der Waals surface area contributed by atoms with E-state index in [0.717, 1.165) is 10.8 Å². The summed E-state index contributed by atoms with van der Waals surface area (Å²) in [7, 11) is 1.30. The van der Waals surface area contributed by atoms with Crippen molar-refractivity contribution >= 4 is 55.6 Å². The second kappa shape index (κ2) is 7.51. The number of rotatable bonds is 4. The number of carbonyl (C=O) groups excluding carboxylic acids is 1. The SMILES string of the molecule is COc1ccc(C(=O)NC(=S)Nc2nc3ccc(O)cc3s2)cc1[N+](=O)[O-]. The lowest BCUT2D eigenvalue weighted by atomic mass is 10.2. The van der Waals surface area contributed by atoms with Crippen molar-refractivity contribution in [2.24, 2.45) is 0 Å². The zero-order chi connectivity index (χ0) is 19.6. The number of aromatic hydroxyl groups is 1. The van der Waals surface area contributed by atoms with Gasteiger partial charge in [-0.25, -0.2) is 4.98 Å². The molecular weight excluding hydrogens is 392 g/mol. The normalized spacial score (nSPS) is 10.4. The number of thiazole rings is 1. The van der Waals surface area contributed by atoms with E-state index in [9.17, 15) is 20.0 Å². The first-order valence-electron chi connectivity index (χ1n) is 7.41. The molecule has 1 aromatic heterocycles. The van der Waals surface area contributed by atoms with E-state index in [1.54, 1.807) is 12.1 Å². The van der Waals surface area contributed by atoms with Crippen molar-refractivity contribution in [3.8, 4) is 11.5 Å². The minimum Gasteiger partial charge on any atom is -0.508 e. The summed E-state index contributed by atoms with van der Waals surface area (Å²) in [4.78, 5) is 27.0. The lowest BCUT2D eigenvalue weighted by Crippen LogP contribution is -2.34. The molecule has 0 saturated carbocycles. The number of benzene rings is 2. The minimum atomic E-state index is -0.636. The Morgan fingerprint density at radius 2 is 2.11 bits per heavy atom. The fourth-order valence-corrected chi connectivity index (χ4v) is 3.40. The highest BCUT2D eigenvalue weighted by Crippen LogP contribution is 2.29. The van der Waals surface area contributed by atoms with Gasteiger partial charge in [-0.05, 0) is 42.5 Å². The molecule has 0 aliphatic rings. The Bertz CT molecular complexity index is 1070. The van der Waals surface area contributed by atoms with Gasteiger partial charge in [-0.3, -0.25) is 20.2 Å². The van der Waals surface area contributed by atoms with E-state index < -0.39 is 10.8 Å². The maximum atomic E-state index is 12.3. The number of nitrogens with one attached hydrogen (secondary N) is 2. The molecule has 0 fully saturated rings. The second-order valence-electron chi connectivity index (χ2n) is 5.22. The van der Waals surface area contributed by atoms with Crippen LogP contribution in [0.5, 0.6) is 11.5 Å². The number of nitro groups is 1. The van der Waals surface area contributed by atoms with Gasteiger partial charge in [0.25, 0.3) is 5.91 Å². The molecule has 0 bridgehead atoms. The molecule has 1 amide bonds. The Kier molecular flexibility index (Phi) is 5.14. The van der Waals surface area contributed by atoms with Crippen molar-refractivity contribution in [3.63, 3.8) is 0 Å². The third-order valence-electron chi connectivity index (χ3n) is 3.46. The quantitative estimate of drug-likeness (QED) is 0.344. The molecule has 138 valence electrons. The van der Waals surface area contributed by atoms with Crippen molar-refractivity contribution in [1.82, 2.24) is 10.3 Å². The number of thiocarbonyl (C=S) groups is 1. The maximum absolute atomic E-state index is 12.3. The zero-order valence-electron chi connectivity index (χ0n) is 13.8. The summed E-state index contributed by atoms with van der Waals surface area (Å²) >= 11 is 6.34. The highest BCUT2D eigenvalue weighted by molar-refractivity contribution is 7.80. The van der Waals surface area contributed by atoms with Crippen LogP contribution in [-0.4, -0.2) is 33.1 Å². The summed E-state index contributed by atoms with van der Waals surface area (Å²) in [5.41, 5.74) is 0.399. The van der Waals surface area contributed by atoms with Gasteiger partial charge in [-0.2, -0.15) is 0 Å². The van der Waals surface area contributed by atoms with E-state index in [2.05, 4.69) is 15.6 Å². The second-order valence-corrected chi connectivity index (χ2v) is 6.66. The predicted molar refractivity (Wildman–Crippen MR) is 105 cm³/mol. The molecule has 0 aliphatic carbocycles. The number of hydrogen-bond acceptors (Lipinski definition) is 8. The summed E-state index contributed by atoms with van der Waals surface area (Å²) in [5, 5.41) is 26.2. The number of amides is 1. The Labute approximate surface area is 161 Å². The minimum absolute atomic E-state index is 0.0123. The number of hydrogen-bond donors (Lipinski definition) is 3. The molecule has 9 nitrogen and oxygen atoms in total. The first kappa shape index (κ1) is 18.5. The average Bonchev–Trinajstić information content (AvgIpc) is 3.01. The predicted octanol–water partition coefficient (Wildman–Crippen LogP) is 3.05. The summed E-state index contributed by atoms with van der Waals surface area (Å²) in [6.07, 6.45) is 0. The average molecular weight is 404 g/mol. The van der Waals surface area contributed by atoms with Crippen LogP contribution < -0.4 is 15.4 Å². The van der Waals surface area contributed by atoms with Gasteiger partial charge in [0.2, 0.25) is 0 Å². The van der Waals surface area contributed by atoms with Crippen LogP contribution in [0.3, 0.4) is 0 Å². The third-order valence-corrected chi connectivity index (χ3v) is 4.60. The first-order chi connectivity index (χ1) is 12.9. The van der Waals surface area contributed by atoms with Crippen molar-refractivity contribution < 1.29 is 19.6 Å². The molecule has 0 spiro atoms. The number of carbonyl (C=O) groups is 1. The Morgan fingerprint density at radius 1 is 1.33 bits per heavy atom. The lowest BCUT2D eigenvalue weighted by molar-refractivity contribution is -0.385. The van der Waals surface area contributed by atoms with E-state index in [4.69, 9.17) is 17.0 Å². The van der Waals surface area contributed by atoms with Crippen LogP contribution in [0, 0.1) is 10.1 Å². The van der Waals surface area contributed by atoms with Crippen molar-refractivity contribution in [3.05, 3.63) is 52.1 Å². The monoisotopic (exact) mass is 404 g/mol. The van der Waals surface area contributed by atoms with Gasteiger partial charge in [0.05, 0.1) is 22.2 Å². The summed E-state index contributed by atoms with van der Waals surface area (Å²) in [6, 6.07) is 8.58. The van der Waals surface area contributed by atoms with E-state index in [-0.39, 0.29) is 27.9 Å². The molecule has 3 aromatic rings. The number of fused-ring (bicyclic) bond motifs is 1. The Hall–Kier alpha value is -3.31. The first-order valence-corrected chi connectivity index (χ1v) is 8.64. The number of nitrogens with zero attached hydrogens (tertiary/aromatic N) is 2. The molecule has 3 rings (SSSR count). The molecule has 3 N–H and O–H groups in total. The zero-order valence-corrected chi connectivity index (χ0v) is 15.4. The van der Waals surface area contributed by atoms with E-state index in [1.165, 1.54) is 36.6 Å². The van der Waals surface area contributed by atoms with Gasteiger partial charge in [-0.1, -0.05) is 11.3 Å². The largest absolute Gasteiger partial charge is 0.508 e. The van der Waals surface area contributed by atoms with E-state index >= 15 is 0 Å². The van der Waals surface area contributed by atoms with Gasteiger partial charge in [0.15, 0.2) is 16.0 Å². The Morgan fingerprint density at radius 3 is 2.81 bits per heavy atom. The molecule has 0 saturated heterocycles. The Balaban J connectivity index is 1.72. The molecule has 0 unspecified atom stereocenters. The van der Waals surface area contributed by atoms with Crippen molar-refractivity contribution in [1.29, 1.82) is 0 Å². The highest BCUT2D eigenvalue weighted by Gasteiger charge is 2.19. The van der Waals surface area contributed by atoms with Crippen molar-refractivity contribution in [2.45, 2.75) is 0 Å². The molecule has 0 radical (unpaired) electrons. The van der Waals surface area contributed by atoms with Crippen LogP contribution in [-0.2, 0) is 0 Å². The van der Waals surface area contributed by atoms with Gasteiger partial charge in [0.1, 0.15) is 5.75 Å². The molecular formula is C16H12N4O5S2. The topological polar surface area (TPSA) is 127 Å². The number of nitro benzene ring substituents is 1. The fraction of sp³-hybridized carbons (Fsp3) is 0.0625. The van der Waals surface area contributed by atoms with Crippen LogP contribution in [0.1, 0.15) is 10.4 Å². The van der Waals surface area contributed by atoms with Gasteiger partial charge in [-0.15, -0.1) is 0 Å². The number of phenols is 1. The standard InChI is InChI=1S/C16H12N4O5S2/c1-25-12-5-2-8(6-11(12)20(23)24)14(22)18-15(26)19-16-17-10-4-3-9(21)7-13(10)27-16/h2-7,21H,1H3,(H2,17,18,19,22,26). The van der Waals surface area contributed by atoms with E-state index in [0.29, 0.717) is 10.6 Å². The highest BCUT2D eigenvalue weighted by atomic mass is 32.1. The molecule has 0 aliphatic heterocycles. The van der Waals surface area contributed by atoms with Crippen LogP contribution >= 0.6 is 23.6 Å². The van der Waals surface area contributed by atoms with Gasteiger partial charge in [0, 0.05) is 11.6 Å². The molecule has 27 heavy (non-hydrogen) atoms. The summed E-state index contributed by atoms with van der Waals surface area (Å²) in [5.74, 6) is -0.443. The number of aromatic nitrogens is 1. The van der Waals surface area contributed by atoms with Crippen molar-refractivity contribution in [2.75, 3.05) is 12.4 Å². The number of anilines is 1. The molecule has 0 atom stereocenters. The summed E-state index contributed by atoms with van der Waals surface area (Å²) < 4.78 is 5.65. The summed E-state index contributed by atoms with van der Waals surface area (Å²) in [6.45, 7) is 0. The van der Waals surface area contributed by atoms with Gasteiger partial charge >= 0.3 is 5.69 Å². The molecule has 2 aromatic carbocycles. The van der Waals surface area contributed by atoms with E-state index in [1.807, 2.05) is 0 Å². The maximum Gasteiger partial charge on any atom is 0.311 e. The fourth-order valence-electron chi connectivity index (χ4n) is 2.24. The smallest absolute Gasteiger partial charge is 0.311 e. The van der Waals surface area contributed by atoms with Gasteiger partial charge < -0.3 is 15.2 Å².